The number of hydrogen-bond acceptors (Lipinski definition) is 4. The van der Waals surface area contributed by atoms with Gasteiger partial charge in [0.1, 0.15) is 0 Å². The number of rotatable bonds is 3. The Hall–Kier alpha value is -2.18. The zero-order valence-electron chi connectivity index (χ0n) is 9.55. The first-order chi connectivity index (χ1) is 8.58. The molecular weight excluding hydrogens is 238 g/mol. The molecule has 1 aromatic heterocycles. The van der Waals surface area contributed by atoms with E-state index < -0.39 is 17.8 Å². The number of nitrogens with zero attached hydrogens (tertiary/aromatic N) is 1. The Labute approximate surface area is 102 Å². The third-order valence-corrected chi connectivity index (χ3v) is 3.10. The Morgan fingerprint density at radius 1 is 1.33 bits per heavy atom. The number of hydrogen-bond donors (Lipinski definition) is 3. The minimum atomic E-state index is -0.943. The number of carbonyl (C=O) groups is 2. The third-order valence-electron chi connectivity index (χ3n) is 3.10. The number of aromatic amines is 1. The van der Waals surface area contributed by atoms with E-state index in [1.54, 1.807) is 0 Å². The highest BCUT2D eigenvalue weighted by molar-refractivity contribution is 5.94. The molecule has 3 N–H and O–H groups in total. The molecule has 0 unspecified atom stereocenters. The molecule has 1 heterocycles. The van der Waals surface area contributed by atoms with Gasteiger partial charge in [-0.1, -0.05) is 6.42 Å². The van der Waals surface area contributed by atoms with Gasteiger partial charge in [-0.2, -0.15) is 5.10 Å². The van der Waals surface area contributed by atoms with Gasteiger partial charge in [-0.3, -0.25) is 14.4 Å². The van der Waals surface area contributed by atoms with E-state index in [4.69, 9.17) is 5.11 Å². The van der Waals surface area contributed by atoms with Crippen molar-refractivity contribution in [1.29, 1.82) is 0 Å². The molecule has 0 bridgehead atoms. The molecule has 1 saturated carbocycles. The summed E-state index contributed by atoms with van der Waals surface area (Å²) < 4.78 is 0. The van der Waals surface area contributed by atoms with Crippen LogP contribution in [0, 0.1) is 11.8 Å². The first-order valence-electron chi connectivity index (χ1n) is 5.67. The van der Waals surface area contributed by atoms with E-state index in [1.807, 2.05) is 0 Å². The number of carboxylic acids is 1. The molecule has 7 nitrogen and oxygen atoms in total. The van der Waals surface area contributed by atoms with E-state index >= 15 is 0 Å². The zero-order valence-corrected chi connectivity index (χ0v) is 9.55. The molecule has 2 atom stereocenters. The largest absolute Gasteiger partial charge is 0.481 e. The summed E-state index contributed by atoms with van der Waals surface area (Å²) in [6, 6.07) is 2.62. The molecule has 7 heteroatoms. The number of anilines is 1. The fourth-order valence-corrected chi connectivity index (χ4v) is 2.20. The minimum Gasteiger partial charge on any atom is -0.481 e. The standard InChI is InChI=1S/C11H13N3O4/c15-9-5-4-8(13-14-9)12-10(16)6-2-1-3-7(6)11(17)18/h4-7H,1-3H2,(H,14,15)(H,17,18)(H,12,13,16)/t6-,7+/m1/s1. The Morgan fingerprint density at radius 3 is 2.67 bits per heavy atom. The zero-order chi connectivity index (χ0) is 13.1. The van der Waals surface area contributed by atoms with Gasteiger partial charge >= 0.3 is 5.97 Å². The molecule has 0 saturated heterocycles. The van der Waals surface area contributed by atoms with Crippen LogP contribution in [0.3, 0.4) is 0 Å². The fraction of sp³-hybridized carbons (Fsp3) is 0.455. The summed E-state index contributed by atoms with van der Waals surface area (Å²) in [6.07, 6.45) is 1.81. The second-order valence-electron chi connectivity index (χ2n) is 4.28. The molecular formula is C11H13N3O4. The third kappa shape index (κ3) is 2.55. The average molecular weight is 251 g/mol. The average Bonchev–Trinajstić information content (AvgIpc) is 2.81. The van der Waals surface area contributed by atoms with Crippen LogP contribution in [0.25, 0.3) is 0 Å². The van der Waals surface area contributed by atoms with Gasteiger partial charge < -0.3 is 10.4 Å². The van der Waals surface area contributed by atoms with E-state index in [-0.39, 0.29) is 17.3 Å². The lowest BCUT2D eigenvalue weighted by Crippen LogP contribution is -2.30. The lowest BCUT2D eigenvalue weighted by atomic mass is 9.95. The molecule has 96 valence electrons. The van der Waals surface area contributed by atoms with Gasteiger partial charge in [-0.05, 0) is 18.9 Å². The van der Waals surface area contributed by atoms with Gasteiger partial charge in [0.2, 0.25) is 5.91 Å². The van der Waals surface area contributed by atoms with Crippen molar-refractivity contribution in [2.75, 3.05) is 5.32 Å². The summed E-state index contributed by atoms with van der Waals surface area (Å²) in [5.74, 6) is -2.25. The number of H-pyrrole nitrogens is 1. The SMILES string of the molecule is O=C(O)[C@H]1CCC[C@H]1C(=O)Nc1ccc(=O)[nH]n1. The Kier molecular flexibility index (Phi) is 3.40. The van der Waals surface area contributed by atoms with Crippen molar-refractivity contribution in [3.05, 3.63) is 22.5 Å². The van der Waals surface area contributed by atoms with Crippen molar-refractivity contribution < 1.29 is 14.7 Å². The van der Waals surface area contributed by atoms with Crippen molar-refractivity contribution in [2.45, 2.75) is 19.3 Å². The summed E-state index contributed by atoms with van der Waals surface area (Å²) in [7, 11) is 0. The Bertz CT molecular complexity index is 505. The lowest BCUT2D eigenvalue weighted by Gasteiger charge is -2.14. The van der Waals surface area contributed by atoms with Crippen LogP contribution in [-0.2, 0) is 9.59 Å². The number of amides is 1. The smallest absolute Gasteiger partial charge is 0.307 e. The molecule has 1 fully saturated rings. The van der Waals surface area contributed by atoms with Crippen molar-refractivity contribution in [2.24, 2.45) is 11.8 Å². The fourth-order valence-electron chi connectivity index (χ4n) is 2.20. The van der Waals surface area contributed by atoms with E-state index in [1.165, 1.54) is 12.1 Å². The molecule has 1 aliphatic carbocycles. The van der Waals surface area contributed by atoms with Gasteiger partial charge in [0.05, 0.1) is 11.8 Å². The summed E-state index contributed by atoms with van der Waals surface area (Å²) >= 11 is 0. The number of aromatic nitrogens is 2. The molecule has 1 aromatic rings. The van der Waals surface area contributed by atoms with Gasteiger partial charge in [0.25, 0.3) is 5.56 Å². The van der Waals surface area contributed by atoms with Gasteiger partial charge in [-0.15, -0.1) is 0 Å². The topological polar surface area (TPSA) is 112 Å². The molecule has 18 heavy (non-hydrogen) atoms. The minimum absolute atomic E-state index is 0.218. The van der Waals surface area contributed by atoms with Gasteiger partial charge in [0.15, 0.2) is 5.82 Å². The Morgan fingerprint density at radius 2 is 2.06 bits per heavy atom. The van der Waals surface area contributed by atoms with Crippen molar-refractivity contribution in [3.63, 3.8) is 0 Å². The summed E-state index contributed by atoms with van der Waals surface area (Å²) in [5.41, 5.74) is -0.364. The second-order valence-corrected chi connectivity index (χ2v) is 4.28. The predicted octanol–water partition coefficient (Wildman–Crippen LogP) is 0.209. The predicted molar refractivity (Wildman–Crippen MR) is 62.0 cm³/mol. The molecule has 0 spiro atoms. The Balaban J connectivity index is 2.05. The highest BCUT2D eigenvalue weighted by atomic mass is 16.4. The molecule has 0 aromatic carbocycles. The molecule has 0 radical (unpaired) electrons. The molecule has 0 aliphatic heterocycles. The number of aliphatic carboxylic acids is 1. The normalized spacial score (nSPS) is 22.7. The number of nitrogens with one attached hydrogen (secondary N) is 2. The highest BCUT2D eigenvalue weighted by Crippen LogP contribution is 2.32. The summed E-state index contributed by atoms with van der Waals surface area (Å²) in [6.45, 7) is 0. The summed E-state index contributed by atoms with van der Waals surface area (Å²) in [4.78, 5) is 33.7. The molecule has 1 aliphatic rings. The van der Waals surface area contributed by atoms with Crippen LogP contribution in [0.1, 0.15) is 19.3 Å². The van der Waals surface area contributed by atoms with Crippen LogP contribution >= 0.6 is 0 Å². The first kappa shape index (κ1) is 12.3. The van der Waals surface area contributed by atoms with Crippen LogP contribution in [0.4, 0.5) is 5.82 Å². The monoisotopic (exact) mass is 251 g/mol. The van der Waals surface area contributed by atoms with Crippen LogP contribution in [0.15, 0.2) is 16.9 Å². The summed E-state index contributed by atoms with van der Waals surface area (Å²) in [5, 5.41) is 17.3. The number of carbonyl (C=O) groups excluding carboxylic acids is 1. The van der Waals surface area contributed by atoms with Crippen LogP contribution in [0.5, 0.6) is 0 Å². The lowest BCUT2D eigenvalue weighted by molar-refractivity contribution is -0.145. The van der Waals surface area contributed by atoms with Gasteiger partial charge in [0, 0.05) is 6.07 Å². The van der Waals surface area contributed by atoms with Crippen molar-refractivity contribution in [1.82, 2.24) is 10.2 Å². The van der Waals surface area contributed by atoms with Gasteiger partial charge in [-0.25, -0.2) is 5.10 Å². The maximum atomic E-state index is 11.9. The van der Waals surface area contributed by atoms with E-state index in [2.05, 4.69) is 15.5 Å². The highest BCUT2D eigenvalue weighted by Gasteiger charge is 2.37. The molecule has 1 amide bonds. The quantitative estimate of drug-likeness (QED) is 0.710. The molecule has 2 rings (SSSR count). The van der Waals surface area contributed by atoms with Crippen molar-refractivity contribution >= 4 is 17.7 Å². The van der Waals surface area contributed by atoms with E-state index in [9.17, 15) is 14.4 Å². The first-order valence-corrected chi connectivity index (χ1v) is 5.67. The van der Waals surface area contributed by atoms with Crippen LogP contribution in [-0.4, -0.2) is 27.2 Å². The van der Waals surface area contributed by atoms with E-state index in [0.29, 0.717) is 12.8 Å². The second kappa shape index (κ2) is 4.99. The van der Waals surface area contributed by atoms with Crippen LogP contribution in [0.2, 0.25) is 0 Å². The van der Waals surface area contributed by atoms with Crippen LogP contribution < -0.4 is 10.9 Å². The number of carboxylic acid groups (broad SMARTS) is 1. The van der Waals surface area contributed by atoms with Crippen molar-refractivity contribution in [3.8, 4) is 0 Å². The van der Waals surface area contributed by atoms with E-state index in [0.717, 1.165) is 6.42 Å². The maximum absolute atomic E-state index is 11.9. The maximum Gasteiger partial charge on any atom is 0.307 e.